The van der Waals surface area contributed by atoms with Crippen LogP contribution in [0.5, 0.6) is 5.75 Å². The van der Waals surface area contributed by atoms with Gasteiger partial charge in [-0.1, -0.05) is 53.5 Å². The minimum atomic E-state index is -0.344. The largest absolute Gasteiger partial charge is 0.489 e. The normalized spacial score (nSPS) is 11.0. The summed E-state index contributed by atoms with van der Waals surface area (Å²) in [6.07, 6.45) is 0. The summed E-state index contributed by atoms with van der Waals surface area (Å²) in [5, 5.41) is 14.0. The molecule has 0 amide bonds. The zero-order chi connectivity index (χ0) is 22.2. The van der Waals surface area contributed by atoms with Crippen LogP contribution >= 0.6 is 23.2 Å². The van der Waals surface area contributed by atoms with E-state index in [1.54, 1.807) is 36.4 Å². The molecule has 0 aliphatic carbocycles. The van der Waals surface area contributed by atoms with Crippen LogP contribution in [0, 0.1) is 11.3 Å². The lowest BCUT2D eigenvalue weighted by Crippen LogP contribution is -2.15. The Morgan fingerprint density at radius 3 is 2.62 bits per heavy atom. The third-order valence-electron chi connectivity index (χ3n) is 5.10. The van der Waals surface area contributed by atoms with Gasteiger partial charge in [-0.3, -0.25) is 9.89 Å². The van der Waals surface area contributed by atoms with Crippen molar-refractivity contribution in [2.45, 2.75) is 6.61 Å². The molecule has 0 saturated carbocycles. The first-order valence-electron chi connectivity index (χ1n) is 9.66. The van der Waals surface area contributed by atoms with Crippen molar-refractivity contribution in [3.8, 4) is 23.1 Å². The molecule has 0 radical (unpaired) electrons. The van der Waals surface area contributed by atoms with Crippen molar-refractivity contribution in [1.82, 2.24) is 14.6 Å². The van der Waals surface area contributed by atoms with Crippen LogP contribution in [0.2, 0.25) is 10.0 Å². The van der Waals surface area contributed by atoms with Crippen LogP contribution in [0.4, 0.5) is 0 Å². The molecule has 8 heteroatoms. The maximum absolute atomic E-state index is 13.2. The monoisotopic (exact) mass is 460 g/mol. The van der Waals surface area contributed by atoms with Gasteiger partial charge in [-0.25, -0.2) is 4.98 Å². The molecule has 0 unspecified atom stereocenters. The van der Waals surface area contributed by atoms with Crippen LogP contribution in [0.15, 0.2) is 71.5 Å². The van der Waals surface area contributed by atoms with Crippen molar-refractivity contribution < 1.29 is 4.74 Å². The number of hydrogen-bond donors (Lipinski definition) is 1. The summed E-state index contributed by atoms with van der Waals surface area (Å²) < 4.78 is 7.10. The fraction of sp³-hybridized carbons (Fsp3) is 0.0417. The minimum absolute atomic E-state index is 0.220. The number of aromatic amines is 1. The molecule has 0 aliphatic rings. The predicted octanol–water partition coefficient (Wildman–Crippen LogP) is 5.60. The maximum atomic E-state index is 13.2. The number of ether oxygens (including phenoxy) is 1. The van der Waals surface area contributed by atoms with Crippen molar-refractivity contribution in [2.75, 3.05) is 0 Å². The van der Waals surface area contributed by atoms with Crippen molar-refractivity contribution >= 4 is 39.8 Å². The van der Waals surface area contributed by atoms with Gasteiger partial charge >= 0.3 is 0 Å². The third-order valence-corrected chi connectivity index (χ3v) is 5.65. The van der Waals surface area contributed by atoms with Crippen LogP contribution in [-0.2, 0) is 6.61 Å². The van der Waals surface area contributed by atoms with Gasteiger partial charge in [-0.15, -0.1) is 0 Å². The maximum Gasteiger partial charge on any atom is 0.280 e. The molecule has 1 N–H and O–H groups in total. The lowest BCUT2D eigenvalue weighted by Gasteiger charge is -2.07. The minimum Gasteiger partial charge on any atom is -0.489 e. The van der Waals surface area contributed by atoms with Crippen LogP contribution in [0.3, 0.4) is 0 Å². The Kier molecular flexibility index (Phi) is 5.06. The lowest BCUT2D eigenvalue weighted by atomic mass is 10.1. The average molecular weight is 461 g/mol. The van der Waals surface area contributed by atoms with Gasteiger partial charge in [-0.2, -0.15) is 9.78 Å². The molecule has 0 saturated heterocycles. The number of aromatic nitrogens is 3. The van der Waals surface area contributed by atoms with E-state index in [9.17, 15) is 10.1 Å². The average Bonchev–Trinajstić information content (AvgIpc) is 3.17. The Labute approximate surface area is 192 Å². The third kappa shape index (κ3) is 3.48. The second kappa shape index (κ2) is 8.04. The van der Waals surface area contributed by atoms with E-state index in [1.807, 2.05) is 30.3 Å². The van der Waals surface area contributed by atoms with Gasteiger partial charge in [0.15, 0.2) is 5.65 Å². The van der Waals surface area contributed by atoms with Crippen molar-refractivity contribution in [2.24, 2.45) is 0 Å². The van der Waals surface area contributed by atoms with Crippen LogP contribution < -0.4 is 10.3 Å². The fourth-order valence-corrected chi connectivity index (χ4v) is 4.04. The summed E-state index contributed by atoms with van der Waals surface area (Å²) in [6, 6.07) is 21.9. The molecule has 0 bridgehead atoms. The van der Waals surface area contributed by atoms with Crippen molar-refractivity contribution in [1.29, 1.82) is 5.26 Å². The molecule has 0 atom stereocenters. The lowest BCUT2D eigenvalue weighted by molar-refractivity contribution is 0.306. The number of hydrogen-bond acceptors (Lipinski definition) is 4. The summed E-state index contributed by atoms with van der Waals surface area (Å²) in [7, 11) is 0. The molecule has 2 aromatic heterocycles. The van der Waals surface area contributed by atoms with E-state index < -0.39 is 0 Å². The summed E-state index contributed by atoms with van der Waals surface area (Å²) in [4.78, 5) is 17.8. The molecule has 0 fully saturated rings. The van der Waals surface area contributed by atoms with Crippen LogP contribution in [0.25, 0.3) is 27.8 Å². The number of nitrogens with one attached hydrogen (secondary N) is 1. The number of H-pyrrole nitrogens is 1. The smallest absolute Gasteiger partial charge is 0.280 e. The van der Waals surface area contributed by atoms with E-state index in [2.05, 4.69) is 16.2 Å². The Bertz CT molecular complexity index is 1580. The fourth-order valence-electron chi connectivity index (χ4n) is 3.54. The highest BCUT2D eigenvalue weighted by atomic mass is 35.5. The number of nitriles is 1. The Morgan fingerprint density at radius 1 is 1.06 bits per heavy atom. The molecule has 2 heterocycles. The van der Waals surface area contributed by atoms with E-state index in [0.29, 0.717) is 44.6 Å². The SMILES string of the molecule is N#Cc1c(-c2ccc(Cl)cc2Cl)[nH]n2c(=O)c3cc(OCc4ccccc4)ccc3nc12. The quantitative estimate of drug-likeness (QED) is 0.378. The topological polar surface area (TPSA) is 83.2 Å². The first-order valence-corrected chi connectivity index (χ1v) is 10.4. The molecule has 3 aromatic carbocycles. The van der Waals surface area contributed by atoms with Crippen molar-refractivity contribution in [3.63, 3.8) is 0 Å². The molecule has 6 nitrogen and oxygen atoms in total. The number of rotatable bonds is 4. The molecule has 5 aromatic rings. The molecule has 32 heavy (non-hydrogen) atoms. The highest BCUT2D eigenvalue weighted by Crippen LogP contribution is 2.33. The standard InChI is InChI=1S/C24H14Cl2N4O2/c25-15-6-8-17(20(26)10-15)22-19(12-27)23-28-21-9-7-16(11-18(21)24(31)30(23)29-22)32-13-14-4-2-1-3-5-14/h1-11,29H,13H2. The Morgan fingerprint density at radius 2 is 1.88 bits per heavy atom. The van der Waals surface area contributed by atoms with Crippen molar-refractivity contribution in [3.05, 3.63) is 98.3 Å². The number of halogens is 2. The van der Waals surface area contributed by atoms with E-state index in [-0.39, 0.29) is 16.8 Å². The first-order chi connectivity index (χ1) is 15.5. The van der Waals surface area contributed by atoms with Crippen LogP contribution in [0.1, 0.15) is 11.1 Å². The van der Waals surface area contributed by atoms with Gasteiger partial charge in [-0.05, 0) is 42.0 Å². The molecule has 0 aliphatic heterocycles. The first kappa shape index (κ1) is 20.1. The zero-order valence-electron chi connectivity index (χ0n) is 16.5. The Balaban J connectivity index is 1.63. The number of fused-ring (bicyclic) bond motifs is 2. The predicted molar refractivity (Wildman–Crippen MR) is 124 cm³/mol. The molecule has 156 valence electrons. The number of benzene rings is 3. The molecular weight excluding hydrogens is 447 g/mol. The number of nitrogens with zero attached hydrogens (tertiary/aromatic N) is 3. The summed E-state index contributed by atoms with van der Waals surface area (Å²) in [5.41, 5.74) is 2.53. The molecular formula is C24H14Cl2N4O2. The van der Waals surface area contributed by atoms with E-state index in [0.717, 1.165) is 5.56 Å². The van der Waals surface area contributed by atoms with Gasteiger partial charge in [0, 0.05) is 10.6 Å². The molecule has 0 spiro atoms. The highest BCUT2D eigenvalue weighted by molar-refractivity contribution is 6.36. The van der Waals surface area contributed by atoms with Gasteiger partial charge < -0.3 is 4.74 Å². The summed E-state index contributed by atoms with van der Waals surface area (Å²) >= 11 is 12.3. The van der Waals surface area contributed by atoms with E-state index >= 15 is 0 Å². The zero-order valence-corrected chi connectivity index (χ0v) is 18.0. The van der Waals surface area contributed by atoms with Gasteiger partial charge in [0.25, 0.3) is 5.56 Å². The van der Waals surface area contributed by atoms with Crippen LogP contribution in [-0.4, -0.2) is 14.6 Å². The second-order valence-electron chi connectivity index (χ2n) is 7.13. The van der Waals surface area contributed by atoms with Gasteiger partial charge in [0.1, 0.15) is 24.0 Å². The van der Waals surface area contributed by atoms with E-state index in [1.165, 1.54) is 4.52 Å². The molecule has 5 rings (SSSR count). The van der Waals surface area contributed by atoms with Gasteiger partial charge in [0.2, 0.25) is 0 Å². The second-order valence-corrected chi connectivity index (χ2v) is 7.97. The van der Waals surface area contributed by atoms with E-state index in [4.69, 9.17) is 27.9 Å². The summed E-state index contributed by atoms with van der Waals surface area (Å²) in [5.74, 6) is 0.549. The highest BCUT2D eigenvalue weighted by Gasteiger charge is 2.19. The van der Waals surface area contributed by atoms with Gasteiger partial charge in [0.05, 0.1) is 21.6 Å². The Hall–Kier alpha value is -3.79. The summed E-state index contributed by atoms with van der Waals surface area (Å²) in [6.45, 7) is 0.379.